The number of aliphatic hydroxyl groups is 1. The number of rotatable bonds is 4. The van der Waals surface area contributed by atoms with Gasteiger partial charge in [0.05, 0.1) is 15.5 Å². The molecule has 4 rings (SSSR count). The molecule has 3 heterocycles. The van der Waals surface area contributed by atoms with Gasteiger partial charge in [-0.3, -0.25) is 0 Å². The lowest BCUT2D eigenvalue weighted by Crippen LogP contribution is -2.08. The maximum atomic E-state index is 14.5. The molecule has 30 heavy (non-hydrogen) atoms. The van der Waals surface area contributed by atoms with Crippen LogP contribution in [0, 0.1) is 11.6 Å². The summed E-state index contributed by atoms with van der Waals surface area (Å²) >= 11 is 7.36. The molecule has 2 aromatic heterocycles. The summed E-state index contributed by atoms with van der Waals surface area (Å²) in [6, 6.07) is 6.85. The number of nitrogens with one attached hydrogen (secondary N) is 1. The van der Waals surface area contributed by atoms with Crippen LogP contribution in [0.4, 0.5) is 8.78 Å². The molecule has 3 aromatic rings. The van der Waals surface area contributed by atoms with Crippen molar-refractivity contribution in [2.24, 2.45) is 0 Å². The summed E-state index contributed by atoms with van der Waals surface area (Å²) in [7, 11) is 0. The Morgan fingerprint density at radius 2 is 1.93 bits per heavy atom. The summed E-state index contributed by atoms with van der Waals surface area (Å²) in [5.74, 6) is -0.979. The minimum Gasteiger partial charge on any atom is -0.462 e. The lowest BCUT2D eigenvalue weighted by Gasteiger charge is -2.16. The predicted molar refractivity (Wildman–Crippen MR) is 119 cm³/mol. The lowest BCUT2D eigenvalue weighted by atomic mass is 9.92. The Morgan fingerprint density at radius 1 is 1.13 bits per heavy atom. The van der Waals surface area contributed by atoms with Gasteiger partial charge < -0.3 is 14.8 Å². The minimum absolute atomic E-state index is 0.158. The van der Waals surface area contributed by atoms with Gasteiger partial charge in [-0.2, -0.15) is 0 Å². The number of benzene rings is 1. The topological polar surface area (TPSA) is 45.4 Å². The summed E-state index contributed by atoms with van der Waals surface area (Å²) in [5.41, 5.74) is 1.67. The molecule has 0 spiro atoms. The van der Waals surface area contributed by atoms with Crippen LogP contribution in [0.2, 0.25) is 4.34 Å². The molecule has 0 radical (unpaired) electrons. The van der Waals surface area contributed by atoms with Crippen LogP contribution in [0.3, 0.4) is 0 Å². The number of hydrogen-bond donors (Lipinski definition) is 2. The summed E-state index contributed by atoms with van der Waals surface area (Å²) in [6.07, 6.45) is 6.56. The van der Waals surface area contributed by atoms with Crippen molar-refractivity contribution in [2.75, 3.05) is 6.54 Å². The van der Waals surface area contributed by atoms with E-state index in [1.807, 2.05) is 26.0 Å². The highest BCUT2D eigenvalue weighted by Crippen LogP contribution is 2.44. The maximum Gasteiger partial charge on any atom is 0.150 e. The number of allylic oxidation sites excluding steroid dienone is 1. The van der Waals surface area contributed by atoms with Gasteiger partial charge in [-0.1, -0.05) is 37.6 Å². The zero-order chi connectivity index (χ0) is 21.7. The average molecular weight is 450 g/mol. The predicted octanol–water partition coefficient (Wildman–Crippen LogP) is 7.10. The standard InChI is InChI=1S/C21H16ClF2NO2S.C2H6/c22-18-7-6-17(28-18)21-19(20(26)12-3-1-2-8-25-10-12)15(11-27-21)14-5-4-13(23)9-16(14)24;1-2/h1-2,4-7,9-11,20,25-26H,3,8H2;1-2H3. The summed E-state index contributed by atoms with van der Waals surface area (Å²) in [6.45, 7) is 4.66. The zero-order valence-corrected chi connectivity index (χ0v) is 18.2. The van der Waals surface area contributed by atoms with E-state index in [9.17, 15) is 13.9 Å². The summed E-state index contributed by atoms with van der Waals surface area (Å²) in [4.78, 5) is 0.713. The molecule has 1 aliphatic rings. The Balaban J connectivity index is 0.00000124. The molecular formula is C23H22ClF2NO2S. The number of furan rings is 1. The largest absolute Gasteiger partial charge is 0.462 e. The van der Waals surface area contributed by atoms with Crippen molar-refractivity contribution < 1.29 is 18.3 Å². The first-order chi connectivity index (χ1) is 14.5. The highest BCUT2D eigenvalue weighted by molar-refractivity contribution is 7.19. The van der Waals surface area contributed by atoms with E-state index >= 15 is 0 Å². The number of aliphatic hydroxyl groups excluding tert-OH is 1. The molecule has 0 bridgehead atoms. The van der Waals surface area contributed by atoms with E-state index in [2.05, 4.69) is 5.32 Å². The van der Waals surface area contributed by atoms with Crippen LogP contribution in [-0.2, 0) is 0 Å². The second-order valence-corrected chi connectivity index (χ2v) is 8.04. The van der Waals surface area contributed by atoms with E-state index < -0.39 is 17.7 Å². The first-order valence-electron chi connectivity index (χ1n) is 9.62. The Kier molecular flexibility index (Phi) is 7.48. The van der Waals surface area contributed by atoms with E-state index in [1.54, 1.807) is 18.3 Å². The van der Waals surface area contributed by atoms with Crippen molar-refractivity contribution in [2.45, 2.75) is 26.4 Å². The SMILES string of the molecule is CC.OC(C1=CNCC=CC1)c1c(-c2ccc(F)cc2F)coc1-c1ccc(Cl)s1. The lowest BCUT2D eigenvalue weighted by molar-refractivity contribution is 0.213. The van der Waals surface area contributed by atoms with E-state index in [0.29, 0.717) is 44.6 Å². The van der Waals surface area contributed by atoms with Crippen LogP contribution in [0.1, 0.15) is 31.9 Å². The molecule has 1 aromatic carbocycles. The summed E-state index contributed by atoms with van der Waals surface area (Å²) < 4.78 is 34.2. The van der Waals surface area contributed by atoms with Gasteiger partial charge in [-0.15, -0.1) is 11.3 Å². The van der Waals surface area contributed by atoms with Crippen LogP contribution in [-0.4, -0.2) is 11.7 Å². The second kappa shape index (κ2) is 10.1. The molecule has 0 amide bonds. The minimum atomic E-state index is -1.04. The molecule has 3 nitrogen and oxygen atoms in total. The highest BCUT2D eigenvalue weighted by atomic mass is 35.5. The van der Waals surface area contributed by atoms with Crippen LogP contribution < -0.4 is 5.32 Å². The van der Waals surface area contributed by atoms with E-state index in [1.165, 1.54) is 29.7 Å². The highest BCUT2D eigenvalue weighted by Gasteiger charge is 2.27. The summed E-state index contributed by atoms with van der Waals surface area (Å²) in [5, 5.41) is 14.3. The smallest absolute Gasteiger partial charge is 0.150 e. The van der Waals surface area contributed by atoms with E-state index in [4.69, 9.17) is 16.0 Å². The molecule has 0 saturated carbocycles. The van der Waals surface area contributed by atoms with Crippen molar-refractivity contribution in [1.82, 2.24) is 5.32 Å². The van der Waals surface area contributed by atoms with Crippen molar-refractivity contribution in [1.29, 1.82) is 0 Å². The maximum absolute atomic E-state index is 14.5. The van der Waals surface area contributed by atoms with Gasteiger partial charge >= 0.3 is 0 Å². The Labute approximate surface area is 183 Å². The van der Waals surface area contributed by atoms with Gasteiger partial charge in [-0.05, 0) is 42.5 Å². The van der Waals surface area contributed by atoms with Crippen molar-refractivity contribution in [3.63, 3.8) is 0 Å². The number of halogens is 3. The van der Waals surface area contributed by atoms with Gasteiger partial charge in [-0.25, -0.2) is 8.78 Å². The Hall–Kier alpha value is -2.41. The number of thiophene rings is 1. The van der Waals surface area contributed by atoms with Gasteiger partial charge in [0, 0.05) is 29.3 Å². The van der Waals surface area contributed by atoms with E-state index in [-0.39, 0.29) is 5.56 Å². The average Bonchev–Trinajstić information content (AvgIpc) is 3.26. The fraction of sp³-hybridized carbons (Fsp3) is 0.217. The molecule has 0 fully saturated rings. The third kappa shape index (κ3) is 4.67. The van der Waals surface area contributed by atoms with Crippen LogP contribution in [0.25, 0.3) is 21.8 Å². The Morgan fingerprint density at radius 3 is 2.63 bits per heavy atom. The fourth-order valence-corrected chi connectivity index (χ4v) is 4.22. The van der Waals surface area contributed by atoms with E-state index in [0.717, 1.165) is 6.07 Å². The molecule has 2 N–H and O–H groups in total. The molecule has 0 saturated heterocycles. The van der Waals surface area contributed by atoms with Crippen LogP contribution >= 0.6 is 22.9 Å². The first kappa shape index (κ1) is 22.3. The monoisotopic (exact) mass is 449 g/mol. The van der Waals surface area contributed by atoms with Gasteiger partial charge in [0.25, 0.3) is 0 Å². The number of hydrogen-bond acceptors (Lipinski definition) is 4. The first-order valence-corrected chi connectivity index (χ1v) is 10.8. The fourth-order valence-electron chi connectivity index (χ4n) is 3.18. The third-order valence-electron chi connectivity index (χ3n) is 4.52. The van der Waals surface area contributed by atoms with Gasteiger partial charge in [0.15, 0.2) is 5.76 Å². The van der Waals surface area contributed by atoms with Crippen LogP contribution in [0.15, 0.2) is 64.9 Å². The van der Waals surface area contributed by atoms with Gasteiger partial charge in [0.2, 0.25) is 0 Å². The normalized spacial score (nSPS) is 14.3. The molecule has 158 valence electrons. The third-order valence-corrected chi connectivity index (χ3v) is 5.75. The molecular weight excluding hydrogens is 428 g/mol. The Bertz CT molecular complexity index is 1070. The zero-order valence-electron chi connectivity index (χ0n) is 16.6. The molecule has 7 heteroatoms. The molecule has 1 aliphatic heterocycles. The van der Waals surface area contributed by atoms with Crippen molar-refractivity contribution >= 4 is 22.9 Å². The van der Waals surface area contributed by atoms with Crippen molar-refractivity contribution in [3.8, 4) is 21.8 Å². The van der Waals surface area contributed by atoms with Crippen LogP contribution in [0.5, 0.6) is 0 Å². The molecule has 1 atom stereocenters. The quantitative estimate of drug-likeness (QED) is 0.417. The van der Waals surface area contributed by atoms with Crippen molar-refractivity contribution in [3.05, 3.63) is 82.1 Å². The molecule has 0 aliphatic carbocycles. The molecule has 1 unspecified atom stereocenters. The van der Waals surface area contributed by atoms with Gasteiger partial charge in [0.1, 0.15) is 17.7 Å². The second-order valence-electron chi connectivity index (χ2n) is 6.33.